The van der Waals surface area contributed by atoms with Gasteiger partial charge in [-0.2, -0.15) is 5.26 Å². The molecular weight excluding hydrogens is 222 g/mol. The third-order valence-corrected chi connectivity index (χ3v) is 3.43. The molecule has 0 amide bonds. The van der Waals surface area contributed by atoms with Gasteiger partial charge >= 0.3 is 0 Å². The Morgan fingerprint density at radius 1 is 1.33 bits per heavy atom. The number of nitrogens with zero attached hydrogens (tertiary/aromatic N) is 1. The largest absolute Gasteiger partial charge is 0.384 e. The second kappa shape index (κ2) is 4.97. The van der Waals surface area contributed by atoms with Crippen LogP contribution in [-0.4, -0.2) is 4.98 Å². The van der Waals surface area contributed by atoms with E-state index < -0.39 is 0 Å². The summed E-state index contributed by atoms with van der Waals surface area (Å²) in [6.45, 7) is 4.39. The van der Waals surface area contributed by atoms with Gasteiger partial charge in [0.25, 0.3) is 0 Å². The number of benzene rings is 1. The SMILES string of the molecule is CCC(C)c1ccc(-c2c[nH]c(N)c2C#N)cc1. The average Bonchev–Trinajstić information content (AvgIpc) is 2.79. The summed E-state index contributed by atoms with van der Waals surface area (Å²) in [4.78, 5) is 2.89. The van der Waals surface area contributed by atoms with Crippen molar-refractivity contribution in [3.05, 3.63) is 41.6 Å². The smallest absolute Gasteiger partial charge is 0.119 e. The minimum absolute atomic E-state index is 0.429. The molecule has 2 aromatic rings. The van der Waals surface area contributed by atoms with Crippen molar-refractivity contribution in [3.63, 3.8) is 0 Å². The van der Waals surface area contributed by atoms with E-state index in [0.717, 1.165) is 17.5 Å². The van der Waals surface area contributed by atoms with Gasteiger partial charge in [0.1, 0.15) is 17.5 Å². The predicted octanol–water partition coefficient (Wildman–Crippen LogP) is 3.65. The summed E-state index contributed by atoms with van der Waals surface area (Å²) in [6.07, 6.45) is 2.91. The molecule has 0 spiro atoms. The number of hydrogen-bond donors (Lipinski definition) is 2. The molecule has 0 aliphatic rings. The van der Waals surface area contributed by atoms with Crippen molar-refractivity contribution in [2.75, 3.05) is 5.73 Å². The zero-order valence-corrected chi connectivity index (χ0v) is 10.7. The molecule has 3 N–H and O–H groups in total. The molecule has 1 atom stereocenters. The molecule has 0 saturated heterocycles. The normalized spacial score (nSPS) is 12.1. The molecule has 2 rings (SSSR count). The molecule has 92 valence electrons. The van der Waals surface area contributed by atoms with Crippen molar-refractivity contribution in [1.29, 1.82) is 5.26 Å². The molecule has 0 aliphatic heterocycles. The lowest BCUT2D eigenvalue weighted by Crippen LogP contribution is -1.91. The van der Waals surface area contributed by atoms with Crippen LogP contribution in [0.1, 0.15) is 37.3 Å². The fraction of sp³-hybridized carbons (Fsp3) is 0.267. The van der Waals surface area contributed by atoms with E-state index in [-0.39, 0.29) is 0 Å². The zero-order valence-electron chi connectivity index (χ0n) is 10.7. The van der Waals surface area contributed by atoms with Gasteiger partial charge in [-0.3, -0.25) is 0 Å². The molecule has 0 radical (unpaired) electrons. The lowest BCUT2D eigenvalue weighted by atomic mass is 9.96. The molecule has 0 bridgehead atoms. The van der Waals surface area contributed by atoms with Crippen LogP contribution in [0.3, 0.4) is 0 Å². The minimum Gasteiger partial charge on any atom is -0.384 e. The Morgan fingerprint density at radius 2 is 2.00 bits per heavy atom. The van der Waals surface area contributed by atoms with Gasteiger partial charge in [-0.25, -0.2) is 0 Å². The lowest BCUT2D eigenvalue weighted by molar-refractivity contribution is 0.734. The fourth-order valence-corrected chi connectivity index (χ4v) is 2.01. The molecule has 1 heterocycles. The number of rotatable bonds is 3. The number of nitrogens with one attached hydrogen (secondary N) is 1. The Kier molecular flexibility index (Phi) is 3.38. The van der Waals surface area contributed by atoms with Gasteiger partial charge < -0.3 is 10.7 Å². The minimum atomic E-state index is 0.429. The quantitative estimate of drug-likeness (QED) is 0.858. The van der Waals surface area contributed by atoms with Crippen LogP contribution >= 0.6 is 0 Å². The molecule has 3 nitrogen and oxygen atoms in total. The standard InChI is InChI=1S/C15H17N3/c1-3-10(2)11-4-6-12(7-5-11)14-9-18-15(17)13(14)8-16/h4-7,9-10,18H,3,17H2,1-2H3. The van der Waals surface area contributed by atoms with Gasteiger partial charge in [-0.15, -0.1) is 0 Å². The van der Waals surface area contributed by atoms with Crippen LogP contribution in [0.5, 0.6) is 0 Å². The maximum absolute atomic E-state index is 9.08. The second-order valence-electron chi connectivity index (χ2n) is 4.53. The van der Waals surface area contributed by atoms with Crippen LogP contribution in [0, 0.1) is 11.3 Å². The van der Waals surface area contributed by atoms with Gasteiger partial charge in [-0.05, 0) is 23.5 Å². The number of nitrogens with two attached hydrogens (primary N) is 1. The summed E-state index contributed by atoms with van der Waals surface area (Å²) in [5, 5.41) is 9.08. The van der Waals surface area contributed by atoms with E-state index in [1.165, 1.54) is 5.56 Å². The van der Waals surface area contributed by atoms with Crippen molar-refractivity contribution < 1.29 is 0 Å². The topological polar surface area (TPSA) is 65.6 Å². The second-order valence-corrected chi connectivity index (χ2v) is 4.53. The number of nitrogen functional groups attached to an aromatic ring is 1. The van der Waals surface area contributed by atoms with Gasteiger partial charge in [0, 0.05) is 11.8 Å². The molecule has 0 aliphatic carbocycles. The number of H-pyrrole nitrogens is 1. The van der Waals surface area contributed by atoms with Gasteiger partial charge in [-0.1, -0.05) is 38.1 Å². The van der Waals surface area contributed by atoms with Gasteiger partial charge in [0.05, 0.1) is 0 Å². The van der Waals surface area contributed by atoms with E-state index in [1.807, 2.05) is 12.1 Å². The Bertz CT molecular complexity index is 573. The summed E-state index contributed by atoms with van der Waals surface area (Å²) in [7, 11) is 0. The van der Waals surface area contributed by atoms with E-state index in [0.29, 0.717) is 17.3 Å². The van der Waals surface area contributed by atoms with Crippen LogP contribution < -0.4 is 5.73 Å². The summed E-state index contributed by atoms with van der Waals surface area (Å²) < 4.78 is 0. The summed E-state index contributed by atoms with van der Waals surface area (Å²) >= 11 is 0. The Labute approximate surface area is 107 Å². The number of aromatic nitrogens is 1. The molecular formula is C15H17N3. The monoisotopic (exact) mass is 239 g/mol. The number of aromatic amines is 1. The third kappa shape index (κ3) is 2.10. The molecule has 3 heteroatoms. The fourth-order valence-electron chi connectivity index (χ4n) is 2.01. The van der Waals surface area contributed by atoms with Crippen molar-refractivity contribution in [1.82, 2.24) is 4.98 Å². The van der Waals surface area contributed by atoms with Crippen LogP contribution in [0.2, 0.25) is 0 Å². The Hall–Kier alpha value is -2.21. The van der Waals surface area contributed by atoms with Crippen LogP contribution in [0.25, 0.3) is 11.1 Å². The lowest BCUT2D eigenvalue weighted by Gasteiger charge is -2.09. The summed E-state index contributed by atoms with van der Waals surface area (Å²) in [5.74, 6) is 0.990. The highest BCUT2D eigenvalue weighted by Gasteiger charge is 2.10. The highest BCUT2D eigenvalue weighted by atomic mass is 14.8. The van der Waals surface area contributed by atoms with Gasteiger partial charge in [0.15, 0.2) is 0 Å². The summed E-state index contributed by atoms with van der Waals surface area (Å²) in [5.41, 5.74) is 9.44. The zero-order chi connectivity index (χ0) is 13.1. The van der Waals surface area contributed by atoms with E-state index >= 15 is 0 Å². The van der Waals surface area contributed by atoms with E-state index in [2.05, 4.69) is 37.0 Å². The maximum Gasteiger partial charge on any atom is 0.119 e. The predicted molar refractivity (Wildman–Crippen MR) is 74.1 cm³/mol. The van der Waals surface area contributed by atoms with Crippen molar-refractivity contribution in [2.24, 2.45) is 0 Å². The van der Waals surface area contributed by atoms with Crippen LogP contribution in [-0.2, 0) is 0 Å². The highest BCUT2D eigenvalue weighted by Crippen LogP contribution is 2.28. The van der Waals surface area contributed by atoms with E-state index in [4.69, 9.17) is 11.0 Å². The van der Waals surface area contributed by atoms with E-state index in [9.17, 15) is 0 Å². The number of hydrogen-bond acceptors (Lipinski definition) is 2. The molecule has 0 fully saturated rings. The van der Waals surface area contributed by atoms with Crippen molar-refractivity contribution in [2.45, 2.75) is 26.2 Å². The first-order valence-corrected chi connectivity index (χ1v) is 6.14. The molecule has 18 heavy (non-hydrogen) atoms. The van der Waals surface area contributed by atoms with Crippen LogP contribution in [0.4, 0.5) is 5.82 Å². The average molecular weight is 239 g/mol. The molecule has 1 aromatic carbocycles. The third-order valence-electron chi connectivity index (χ3n) is 3.43. The summed E-state index contributed by atoms with van der Waals surface area (Å²) in [6, 6.07) is 10.5. The highest BCUT2D eigenvalue weighted by molar-refractivity contribution is 5.75. The molecule has 0 saturated carbocycles. The molecule has 1 aromatic heterocycles. The first-order chi connectivity index (χ1) is 8.67. The Morgan fingerprint density at radius 3 is 2.56 bits per heavy atom. The number of anilines is 1. The first kappa shape index (κ1) is 12.3. The maximum atomic E-state index is 9.08. The van der Waals surface area contributed by atoms with Crippen LogP contribution in [0.15, 0.2) is 30.5 Å². The van der Waals surface area contributed by atoms with Crippen molar-refractivity contribution in [3.8, 4) is 17.2 Å². The van der Waals surface area contributed by atoms with Crippen molar-refractivity contribution >= 4 is 5.82 Å². The van der Waals surface area contributed by atoms with E-state index in [1.54, 1.807) is 6.20 Å². The molecule has 1 unspecified atom stereocenters. The van der Waals surface area contributed by atoms with Gasteiger partial charge in [0.2, 0.25) is 0 Å². The Balaban J connectivity index is 2.38. The number of nitriles is 1. The first-order valence-electron chi connectivity index (χ1n) is 6.14.